The summed E-state index contributed by atoms with van der Waals surface area (Å²) in [7, 11) is 0. The highest BCUT2D eigenvalue weighted by atomic mass is 19.4. The zero-order chi connectivity index (χ0) is 16.0. The van der Waals surface area contributed by atoms with E-state index in [-0.39, 0.29) is 12.2 Å². The number of benzene rings is 1. The van der Waals surface area contributed by atoms with Gasteiger partial charge in [0.05, 0.1) is 12.2 Å². The van der Waals surface area contributed by atoms with Crippen molar-refractivity contribution < 1.29 is 32.3 Å². The van der Waals surface area contributed by atoms with Crippen LogP contribution in [-0.2, 0) is 20.5 Å². The van der Waals surface area contributed by atoms with E-state index in [1.54, 1.807) is 5.43 Å². The quantitative estimate of drug-likeness (QED) is 0.485. The van der Waals surface area contributed by atoms with Gasteiger partial charge in [0.25, 0.3) is 5.91 Å². The molecule has 1 rings (SSSR count). The molecule has 0 aliphatic heterocycles. The van der Waals surface area contributed by atoms with Crippen LogP contribution in [0.2, 0.25) is 0 Å². The third-order valence-electron chi connectivity index (χ3n) is 2.20. The second kappa shape index (κ2) is 6.73. The highest BCUT2D eigenvalue weighted by Crippen LogP contribution is 2.29. The summed E-state index contributed by atoms with van der Waals surface area (Å²) in [4.78, 5) is 33.6. The lowest BCUT2D eigenvalue weighted by Gasteiger charge is -2.09. The summed E-state index contributed by atoms with van der Waals surface area (Å²) in [5.74, 6) is -3.46. The summed E-state index contributed by atoms with van der Waals surface area (Å²) >= 11 is 0. The van der Waals surface area contributed by atoms with Crippen molar-refractivity contribution in [3.8, 4) is 0 Å². The van der Waals surface area contributed by atoms with Gasteiger partial charge in [0.1, 0.15) is 0 Å². The maximum absolute atomic E-state index is 12.5. The van der Waals surface area contributed by atoms with Crippen LogP contribution >= 0.6 is 0 Å². The first kappa shape index (κ1) is 16.5. The number of nitrogens with one attached hydrogen (secondary N) is 2. The standard InChI is InChI=1S/C12H11F3N2O4/c1-2-21-11(20)10(19)17-16-9(18)7-4-3-5-8(6-7)12(13,14)15/h3-6H,2H2,1H3,(H,16,18)(H,17,19). The summed E-state index contributed by atoms with van der Waals surface area (Å²) in [5.41, 5.74) is 2.21. The molecule has 21 heavy (non-hydrogen) atoms. The Morgan fingerprint density at radius 3 is 2.43 bits per heavy atom. The molecule has 9 heteroatoms. The summed E-state index contributed by atoms with van der Waals surface area (Å²) in [6, 6.07) is 3.59. The van der Waals surface area contributed by atoms with Crippen LogP contribution < -0.4 is 10.9 Å². The second-order valence-electron chi connectivity index (χ2n) is 3.71. The van der Waals surface area contributed by atoms with Gasteiger partial charge < -0.3 is 4.74 Å². The Bertz CT molecular complexity index is 558. The zero-order valence-corrected chi connectivity index (χ0v) is 10.8. The van der Waals surface area contributed by atoms with Crippen molar-refractivity contribution in [2.24, 2.45) is 0 Å². The second-order valence-corrected chi connectivity index (χ2v) is 3.71. The van der Waals surface area contributed by atoms with Gasteiger partial charge in [-0.1, -0.05) is 6.07 Å². The molecule has 0 aromatic heterocycles. The van der Waals surface area contributed by atoms with Crippen molar-refractivity contribution in [2.45, 2.75) is 13.1 Å². The Kier molecular flexibility index (Phi) is 5.28. The van der Waals surface area contributed by atoms with Crippen LogP contribution in [0.25, 0.3) is 0 Å². The molecule has 2 amide bonds. The Morgan fingerprint density at radius 2 is 1.86 bits per heavy atom. The lowest BCUT2D eigenvalue weighted by atomic mass is 10.1. The topological polar surface area (TPSA) is 84.5 Å². The SMILES string of the molecule is CCOC(=O)C(=O)NNC(=O)c1cccc(C(F)(F)F)c1. The molecule has 1 aromatic carbocycles. The number of halogens is 3. The smallest absolute Gasteiger partial charge is 0.416 e. The van der Waals surface area contributed by atoms with Crippen LogP contribution in [0.5, 0.6) is 0 Å². The van der Waals surface area contributed by atoms with Crippen molar-refractivity contribution in [1.29, 1.82) is 0 Å². The Balaban J connectivity index is 2.69. The van der Waals surface area contributed by atoms with Crippen LogP contribution in [0.15, 0.2) is 24.3 Å². The van der Waals surface area contributed by atoms with E-state index in [0.29, 0.717) is 6.07 Å². The Hall–Kier alpha value is -2.58. The molecule has 0 radical (unpaired) electrons. The molecule has 0 saturated heterocycles. The molecular formula is C12H11F3N2O4. The van der Waals surface area contributed by atoms with E-state index >= 15 is 0 Å². The first-order chi connectivity index (χ1) is 9.75. The number of hydrogen-bond donors (Lipinski definition) is 2. The number of carbonyl (C=O) groups excluding carboxylic acids is 3. The van der Waals surface area contributed by atoms with Crippen LogP contribution in [0.3, 0.4) is 0 Å². The van der Waals surface area contributed by atoms with Gasteiger partial charge in [-0.05, 0) is 25.1 Å². The average Bonchev–Trinajstić information content (AvgIpc) is 2.43. The predicted molar refractivity (Wildman–Crippen MR) is 63.7 cm³/mol. The first-order valence-electron chi connectivity index (χ1n) is 5.70. The van der Waals surface area contributed by atoms with Crippen LogP contribution in [0, 0.1) is 0 Å². The minimum atomic E-state index is -4.59. The van der Waals surface area contributed by atoms with Crippen LogP contribution in [0.1, 0.15) is 22.8 Å². The lowest BCUT2D eigenvalue weighted by Crippen LogP contribution is -2.45. The number of hydrogen-bond acceptors (Lipinski definition) is 4. The lowest BCUT2D eigenvalue weighted by molar-refractivity contribution is -0.154. The number of ether oxygens (including phenoxy) is 1. The normalized spacial score (nSPS) is 10.7. The van der Waals surface area contributed by atoms with Crippen molar-refractivity contribution in [1.82, 2.24) is 10.9 Å². The van der Waals surface area contributed by atoms with Crippen LogP contribution in [0.4, 0.5) is 13.2 Å². The van der Waals surface area contributed by atoms with E-state index in [2.05, 4.69) is 4.74 Å². The van der Waals surface area contributed by atoms with Gasteiger partial charge in [0, 0.05) is 5.56 Å². The molecule has 1 aromatic rings. The fourth-order valence-corrected chi connectivity index (χ4v) is 1.27. The summed E-state index contributed by atoms with van der Waals surface area (Å²) in [5, 5.41) is 0. The Morgan fingerprint density at radius 1 is 1.19 bits per heavy atom. The van der Waals surface area contributed by atoms with Gasteiger partial charge in [0.2, 0.25) is 0 Å². The first-order valence-corrected chi connectivity index (χ1v) is 5.70. The Labute approximate surface area is 117 Å². The molecule has 0 unspecified atom stereocenters. The number of esters is 1. The summed E-state index contributed by atoms with van der Waals surface area (Å²) in [6.07, 6.45) is -4.59. The predicted octanol–water partition coefficient (Wildman–Crippen LogP) is 1.03. The number of carbonyl (C=O) groups is 3. The van der Waals surface area contributed by atoms with Gasteiger partial charge in [-0.15, -0.1) is 0 Å². The van der Waals surface area contributed by atoms with E-state index in [0.717, 1.165) is 18.2 Å². The average molecular weight is 304 g/mol. The monoisotopic (exact) mass is 304 g/mol. The van der Waals surface area contributed by atoms with Crippen molar-refractivity contribution in [3.63, 3.8) is 0 Å². The summed E-state index contributed by atoms with van der Waals surface area (Å²) < 4.78 is 41.8. The maximum Gasteiger partial charge on any atom is 0.416 e. The molecule has 0 heterocycles. The van der Waals surface area contributed by atoms with Crippen molar-refractivity contribution >= 4 is 17.8 Å². The maximum atomic E-state index is 12.5. The molecule has 0 aliphatic rings. The van der Waals surface area contributed by atoms with Crippen LogP contribution in [-0.4, -0.2) is 24.4 Å². The number of alkyl halides is 3. The third kappa shape index (κ3) is 4.79. The van der Waals surface area contributed by atoms with Gasteiger partial charge in [-0.2, -0.15) is 13.2 Å². The molecular weight excluding hydrogens is 293 g/mol. The van der Waals surface area contributed by atoms with Crippen molar-refractivity contribution in [3.05, 3.63) is 35.4 Å². The molecule has 0 saturated carbocycles. The molecule has 2 N–H and O–H groups in total. The molecule has 0 spiro atoms. The number of rotatable bonds is 2. The van der Waals surface area contributed by atoms with E-state index in [4.69, 9.17) is 0 Å². The fraction of sp³-hybridized carbons (Fsp3) is 0.250. The van der Waals surface area contributed by atoms with Gasteiger partial charge in [0.15, 0.2) is 0 Å². The highest BCUT2D eigenvalue weighted by molar-refractivity contribution is 6.32. The number of amides is 2. The molecule has 0 atom stereocenters. The third-order valence-corrected chi connectivity index (χ3v) is 2.20. The van der Waals surface area contributed by atoms with Crippen molar-refractivity contribution in [2.75, 3.05) is 6.61 Å². The summed E-state index contributed by atoms with van der Waals surface area (Å²) in [6.45, 7) is 1.44. The minimum Gasteiger partial charge on any atom is -0.459 e. The molecule has 0 aliphatic carbocycles. The minimum absolute atomic E-state index is 0.0339. The van der Waals surface area contributed by atoms with Gasteiger partial charge in [-0.25, -0.2) is 4.79 Å². The van der Waals surface area contributed by atoms with Gasteiger partial charge >= 0.3 is 18.1 Å². The van der Waals surface area contributed by atoms with E-state index < -0.39 is 29.5 Å². The number of hydrazine groups is 1. The van der Waals surface area contributed by atoms with Gasteiger partial charge in [-0.3, -0.25) is 20.4 Å². The fourth-order valence-electron chi connectivity index (χ4n) is 1.27. The zero-order valence-electron chi connectivity index (χ0n) is 10.8. The molecule has 0 fully saturated rings. The molecule has 114 valence electrons. The molecule has 6 nitrogen and oxygen atoms in total. The highest BCUT2D eigenvalue weighted by Gasteiger charge is 2.30. The van der Waals surface area contributed by atoms with E-state index in [9.17, 15) is 27.6 Å². The molecule has 0 bridgehead atoms. The largest absolute Gasteiger partial charge is 0.459 e. The van der Waals surface area contributed by atoms with E-state index in [1.165, 1.54) is 6.92 Å². The van der Waals surface area contributed by atoms with E-state index in [1.807, 2.05) is 5.43 Å².